The van der Waals surface area contributed by atoms with Gasteiger partial charge in [-0.15, -0.1) is 11.6 Å². The van der Waals surface area contributed by atoms with Crippen molar-refractivity contribution in [2.24, 2.45) is 0 Å². The molecule has 0 radical (unpaired) electrons. The molecule has 0 N–H and O–H groups in total. The molecule has 2 aromatic carbocycles. The van der Waals surface area contributed by atoms with Crippen molar-refractivity contribution in [3.63, 3.8) is 0 Å². The molecule has 2 aromatic rings. The number of alkyl halides is 4. The third kappa shape index (κ3) is 3.13. The molecule has 0 bridgehead atoms. The van der Waals surface area contributed by atoms with E-state index in [1.54, 1.807) is 18.2 Å². The Balaban J connectivity index is 2.30. The van der Waals surface area contributed by atoms with Crippen LogP contribution in [-0.2, 0) is 0 Å². The standard InChI is InChI=1S/C13H10ClF3/c14-12(8-13(15,16)17)11-6-5-9-3-1-2-4-10(9)7-11/h1-7,12H,8H2. The lowest BCUT2D eigenvalue weighted by Gasteiger charge is -2.13. The number of hydrogen-bond acceptors (Lipinski definition) is 0. The molecule has 0 aliphatic carbocycles. The molecule has 1 atom stereocenters. The van der Waals surface area contributed by atoms with E-state index in [0.717, 1.165) is 10.8 Å². The van der Waals surface area contributed by atoms with Crippen molar-refractivity contribution >= 4 is 22.4 Å². The van der Waals surface area contributed by atoms with Crippen molar-refractivity contribution in [1.82, 2.24) is 0 Å². The van der Waals surface area contributed by atoms with Crippen molar-refractivity contribution in [3.05, 3.63) is 48.0 Å². The first kappa shape index (κ1) is 12.2. The highest BCUT2D eigenvalue weighted by atomic mass is 35.5. The quantitative estimate of drug-likeness (QED) is 0.660. The van der Waals surface area contributed by atoms with Crippen LogP contribution in [0.2, 0.25) is 0 Å². The minimum Gasteiger partial charge on any atom is -0.171 e. The molecule has 2 rings (SSSR count). The highest BCUT2D eigenvalue weighted by Crippen LogP contribution is 2.34. The second kappa shape index (κ2) is 4.57. The summed E-state index contributed by atoms with van der Waals surface area (Å²) in [5.41, 5.74) is 0.502. The molecule has 0 amide bonds. The van der Waals surface area contributed by atoms with Crippen LogP contribution in [0, 0.1) is 0 Å². The molecule has 0 saturated carbocycles. The van der Waals surface area contributed by atoms with Gasteiger partial charge >= 0.3 is 6.18 Å². The molecule has 90 valence electrons. The monoisotopic (exact) mass is 258 g/mol. The lowest BCUT2D eigenvalue weighted by Crippen LogP contribution is -2.10. The van der Waals surface area contributed by atoms with Crippen LogP contribution in [0.5, 0.6) is 0 Å². The number of hydrogen-bond donors (Lipinski definition) is 0. The Labute approximate surface area is 102 Å². The fraction of sp³-hybridized carbons (Fsp3) is 0.231. The Bertz CT molecular complexity index is 519. The van der Waals surface area contributed by atoms with E-state index >= 15 is 0 Å². The zero-order valence-electron chi connectivity index (χ0n) is 8.84. The Morgan fingerprint density at radius 3 is 2.29 bits per heavy atom. The smallest absolute Gasteiger partial charge is 0.171 e. The summed E-state index contributed by atoms with van der Waals surface area (Å²) in [5, 5.41) is 0.865. The van der Waals surface area contributed by atoms with E-state index in [9.17, 15) is 13.2 Å². The Morgan fingerprint density at radius 1 is 1.00 bits per heavy atom. The van der Waals surface area contributed by atoms with Gasteiger partial charge < -0.3 is 0 Å². The predicted octanol–water partition coefficient (Wildman–Crippen LogP) is 5.07. The van der Waals surface area contributed by atoms with E-state index in [2.05, 4.69) is 0 Å². The van der Waals surface area contributed by atoms with E-state index in [-0.39, 0.29) is 0 Å². The number of rotatable bonds is 2. The van der Waals surface area contributed by atoms with E-state index in [0.29, 0.717) is 5.56 Å². The fourth-order valence-electron chi connectivity index (χ4n) is 1.72. The van der Waals surface area contributed by atoms with Gasteiger partial charge in [0.2, 0.25) is 0 Å². The zero-order chi connectivity index (χ0) is 12.5. The van der Waals surface area contributed by atoms with Crippen LogP contribution < -0.4 is 0 Å². The Kier molecular flexibility index (Phi) is 3.29. The van der Waals surface area contributed by atoms with Gasteiger partial charge in [0.25, 0.3) is 0 Å². The average molecular weight is 259 g/mol. The first-order valence-corrected chi connectivity index (χ1v) is 5.59. The highest BCUT2D eigenvalue weighted by Gasteiger charge is 2.31. The first-order chi connectivity index (χ1) is 7.96. The molecule has 17 heavy (non-hydrogen) atoms. The SMILES string of the molecule is FC(F)(F)CC(Cl)c1ccc2ccccc2c1. The van der Waals surface area contributed by atoms with Crippen molar-refractivity contribution in [3.8, 4) is 0 Å². The number of halogens is 4. The van der Waals surface area contributed by atoms with Crippen molar-refractivity contribution in [2.75, 3.05) is 0 Å². The van der Waals surface area contributed by atoms with Crippen molar-refractivity contribution in [1.29, 1.82) is 0 Å². The second-order valence-corrected chi connectivity index (χ2v) is 4.42. The van der Waals surface area contributed by atoms with Crippen molar-refractivity contribution in [2.45, 2.75) is 18.0 Å². The largest absolute Gasteiger partial charge is 0.390 e. The minimum absolute atomic E-state index is 0.502. The van der Waals surface area contributed by atoms with Gasteiger partial charge in [-0.05, 0) is 22.4 Å². The summed E-state index contributed by atoms with van der Waals surface area (Å²) in [6, 6.07) is 12.6. The number of fused-ring (bicyclic) bond motifs is 1. The molecule has 0 aliphatic rings. The van der Waals surface area contributed by atoms with E-state index in [4.69, 9.17) is 11.6 Å². The second-order valence-electron chi connectivity index (χ2n) is 3.89. The molecule has 0 spiro atoms. The summed E-state index contributed by atoms with van der Waals surface area (Å²) in [4.78, 5) is 0. The molecule has 0 heterocycles. The normalized spacial score (nSPS) is 13.9. The first-order valence-electron chi connectivity index (χ1n) is 5.15. The maximum Gasteiger partial charge on any atom is 0.390 e. The molecular weight excluding hydrogens is 249 g/mol. The van der Waals surface area contributed by atoms with Crippen LogP contribution in [0.15, 0.2) is 42.5 Å². The summed E-state index contributed by atoms with van der Waals surface area (Å²) in [6.07, 6.45) is -5.25. The number of benzene rings is 2. The van der Waals surface area contributed by atoms with Gasteiger partial charge in [-0.2, -0.15) is 13.2 Å². The maximum atomic E-state index is 12.2. The van der Waals surface area contributed by atoms with Gasteiger partial charge in [0.15, 0.2) is 0 Å². The minimum atomic E-state index is -4.24. The summed E-state index contributed by atoms with van der Waals surface area (Å²) in [7, 11) is 0. The third-order valence-electron chi connectivity index (χ3n) is 2.55. The van der Waals surface area contributed by atoms with Gasteiger partial charge in [-0.25, -0.2) is 0 Å². The molecule has 0 aromatic heterocycles. The maximum absolute atomic E-state index is 12.2. The highest BCUT2D eigenvalue weighted by molar-refractivity contribution is 6.21. The van der Waals surface area contributed by atoms with Gasteiger partial charge in [0.05, 0.1) is 11.8 Å². The van der Waals surface area contributed by atoms with Gasteiger partial charge in [-0.1, -0.05) is 36.4 Å². The molecule has 4 heteroatoms. The van der Waals surface area contributed by atoms with Crippen LogP contribution in [-0.4, -0.2) is 6.18 Å². The summed E-state index contributed by atoms with van der Waals surface area (Å²) in [5.74, 6) is 0. The van der Waals surface area contributed by atoms with Crippen LogP contribution in [0.25, 0.3) is 10.8 Å². The van der Waals surface area contributed by atoms with Crippen LogP contribution in [0.4, 0.5) is 13.2 Å². The van der Waals surface area contributed by atoms with Crippen LogP contribution in [0.1, 0.15) is 17.4 Å². The Hall–Kier alpha value is -1.22. The van der Waals surface area contributed by atoms with Crippen LogP contribution in [0.3, 0.4) is 0 Å². The summed E-state index contributed by atoms with van der Waals surface area (Å²) < 4.78 is 36.7. The van der Waals surface area contributed by atoms with Gasteiger partial charge in [0, 0.05) is 0 Å². The molecule has 0 saturated heterocycles. The summed E-state index contributed by atoms with van der Waals surface area (Å²) in [6.45, 7) is 0. The molecule has 0 nitrogen and oxygen atoms in total. The average Bonchev–Trinajstić information content (AvgIpc) is 2.26. The topological polar surface area (TPSA) is 0 Å². The summed E-state index contributed by atoms with van der Waals surface area (Å²) >= 11 is 5.77. The van der Waals surface area contributed by atoms with E-state index < -0.39 is 18.0 Å². The van der Waals surface area contributed by atoms with Crippen LogP contribution >= 0.6 is 11.6 Å². The third-order valence-corrected chi connectivity index (χ3v) is 2.95. The van der Waals surface area contributed by atoms with E-state index in [1.807, 2.05) is 24.3 Å². The predicted molar refractivity (Wildman–Crippen MR) is 63.2 cm³/mol. The zero-order valence-corrected chi connectivity index (χ0v) is 9.59. The molecule has 0 aliphatic heterocycles. The molecular formula is C13H10ClF3. The lowest BCUT2D eigenvalue weighted by atomic mass is 10.0. The lowest BCUT2D eigenvalue weighted by molar-refractivity contribution is -0.134. The molecule has 0 fully saturated rings. The van der Waals surface area contributed by atoms with Gasteiger partial charge in [0.1, 0.15) is 0 Å². The van der Waals surface area contributed by atoms with E-state index in [1.165, 1.54) is 0 Å². The van der Waals surface area contributed by atoms with Gasteiger partial charge in [-0.3, -0.25) is 0 Å². The Morgan fingerprint density at radius 2 is 1.65 bits per heavy atom. The fourth-order valence-corrected chi connectivity index (χ4v) is 2.03. The van der Waals surface area contributed by atoms with Crippen molar-refractivity contribution < 1.29 is 13.2 Å². The molecule has 1 unspecified atom stereocenters.